The first-order chi connectivity index (χ1) is 17.3. The first-order valence-corrected chi connectivity index (χ1v) is 10.2. The van der Waals surface area contributed by atoms with E-state index >= 15 is 0 Å². The number of carbonyl (C=O) groups is 4. The summed E-state index contributed by atoms with van der Waals surface area (Å²) in [5.74, 6) is -4.03. The molecule has 6 N–H and O–H groups in total. The van der Waals surface area contributed by atoms with E-state index in [-0.39, 0.29) is 34.0 Å². The molecule has 13 heteroatoms. The van der Waals surface area contributed by atoms with Crippen LogP contribution in [0.2, 0.25) is 0 Å². The third kappa shape index (κ3) is 5.59. The molecule has 36 heavy (non-hydrogen) atoms. The van der Waals surface area contributed by atoms with Crippen molar-refractivity contribution in [2.45, 2.75) is 0 Å². The zero-order chi connectivity index (χ0) is 26.2. The number of rotatable bonds is 6. The molecule has 3 rings (SSSR count). The molecule has 0 radical (unpaired) electrons. The van der Waals surface area contributed by atoms with Crippen LogP contribution in [0.5, 0.6) is 23.0 Å². The molecule has 0 saturated carbocycles. The predicted molar refractivity (Wildman–Crippen MR) is 123 cm³/mol. The van der Waals surface area contributed by atoms with E-state index in [1.165, 1.54) is 68.8 Å². The lowest BCUT2D eigenvalue weighted by Gasteiger charge is -2.11. The van der Waals surface area contributed by atoms with Gasteiger partial charge in [-0.1, -0.05) is 18.2 Å². The van der Waals surface area contributed by atoms with Crippen molar-refractivity contribution < 1.29 is 38.9 Å². The number of methoxy groups -OCH3 is 2. The van der Waals surface area contributed by atoms with Gasteiger partial charge in [0.25, 0.3) is 23.6 Å². The fraction of sp³-hybridized carbons (Fsp3) is 0.0870. The van der Waals surface area contributed by atoms with Gasteiger partial charge in [-0.3, -0.25) is 40.9 Å². The van der Waals surface area contributed by atoms with E-state index in [4.69, 9.17) is 9.47 Å². The second kappa shape index (κ2) is 11.2. The van der Waals surface area contributed by atoms with Crippen LogP contribution >= 0.6 is 0 Å². The second-order valence-electron chi connectivity index (χ2n) is 6.94. The smallest absolute Gasteiger partial charge is 0.288 e. The number of aromatic hydroxyl groups is 2. The van der Waals surface area contributed by atoms with Crippen LogP contribution < -0.4 is 31.2 Å². The van der Waals surface area contributed by atoms with Crippen LogP contribution in [0.4, 0.5) is 0 Å². The molecule has 0 spiro atoms. The van der Waals surface area contributed by atoms with Gasteiger partial charge in [0.2, 0.25) is 0 Å². The number of ether oxygens (including phenoxy) is 2. The first kappa shape index (κ1) is 25.3. The lowest BCUT2D eigenvalue weighted by atomic mass is 10.2. The van der Waals surface area contributed by atoms with Gasteiger partial charge in [-0.2, -0.15) is 0 Å². The number of hydrazine groups is 2. The molecule has 0 atom stereocenters. The summed E-state index contributed by atoms with van der Waals surface area (Å²) in [6.45, 7) is 0. The molecule has 0 saturated heterocycles. The Labute approximate surface area is 204 Å². The minimum atomic E-state index is -0.856. The summed E-state index contributed by atoms with van der Waals surface area (Å²) >= 11 is 0. The van der Waals surface area contributed by atoms with Gasteiger partial charge in [0, 0.05) is 0 Å². The maximum Gasteiger partial charge on any atom is 0.288 e. The maximum atomic E-state index is 12.4. The molecule has 0 unspecified atom stereocenters. The third-order valence-electron chi connectivity index (χ3n) is 4.72. The van der Waals surface area contributed by atoms with Crippen molar-refractivity contribution in [1.29, 1.82) is 0 Å². The summed E-state index contributed by atoms with van der Waals surface area (Å²) in [4.78, 5) is 53.3. The van der Waals surface area contributed by atoms with Crippen LogP contribution in [0.25, 0.3) is 0 Å². The van der Waals surface area contributed by atoms with Crippen molar-refractivity contribution >= 4 is 23.6 Å². The zero-order valence-electron chi connectivity index (χ0n) is 19.0. The highest BCUT2D eigenvalue weighted by Crippen LogP contribution is 2.29. The van der Waals surface area contributed by atoms with Gasteiger partial charge < -0.3 is 19.7 Å². The molecule has 3 aromatic rings. The molecule has 13 nitrogen and oxygen atoms in total. The topological polar surface area (TPSA) is 188 Å². The molecular weight excluding hydrogens is 474 g/mol. The van der Waals surface area contributed by atoms with E-state index in [9.17, 15) is 29.4 Å². The highest BCUT2D eigenvalue weighted by Gasteiger charge is 2.19. The standard InChI is InChI=1S/C23H21N5O8/c1-35-16-10-3-6-12(18(16)29)20(31)25-27-22(33)14-8-5-9-15(24-14)23(34)28-26-21(32)13-7-4-11-17(36-2)19(13)30/h3-11,29-30H,1-2H3,(H,25,31)(H,26,32)(H,27,33)(H,28,34). The number of nitrogens with zero attached hydrogens (tertiary/aromatic N) is 1. The van der Waals surface area contributed by atoms with Crippen molar-refractivity contribution in [3.63, 3.8) is 0 Å². The Kier molecular flexibility index (Phi) is 7.87. The van der Waals surface area contributed by atoms with Gasteiger partial charge in [0.05, 0.1) is 25.3 Å². The molecule has 0 aliphatic rings. The van der Waals surface area contributed by atoms with Crippen molar-refractivity contribution in [2.24, 2.45) is 0 Å². The van der Waals surface area contributed by atoms with Crippen LogP contribution in [0.1, 0.15) is 41.7 Å². The van der Waals surface area contributed by atoms with Gasteiger partial charge in [-0.15, -0.1) is 0 Å². The van der Waals surface area contributed by atoms with Crippen molar-refractivity contribution in [1.82, 2.24) is 26.7 Å². The van der Waals surface area contributed by atoms with Gasteiger partial charge in [-0.25, -0.2) is 4.98 Å². The van der Waals surface area contributed by atoms with Gasteiger partial charge in [0.1, 0.15) is 11.4 Å². The van der Waals surface area contributed by atoms with Crippen molar-refractivity contribution in [2.75, 3.05) is 14.2 Å². The number of nitrogens with one attached hydrogen (secondary N) is 4. The Balaban J connectivity index is 1.61. The van der Waals surface area contributed by atoms with Crippen molar-refractivity contribution in [3.8, 4) is 23.0 Å². The maximum absolute atomic E-state index is 12.4. The van der Waals surface area contributed by atoms with Crippen LogP contribution in [-0.4, -0.2) is 53.0 Å². The van der Waals surface area contributed by atoms with Crippen molar-refractivity contribution in [3.05, 3.63) is 77.1 Å². The Morgan fingerprint density at radius 3 is 1.36 bits per heavy atom. The van der Waals surface area contributed by atoms with Crippen LogP contribution in [0.15, 0.2) is 54.6 Å². The van der Waals surface area contributed by atoms with E-state index in [0.29, 0.717) is 0 Å². The number of hydrogen-bond acceptors (Lipinski definition) is 9. The summed E-state index contributed by atoms with van der Waals surface area (Å²) < 4.78 is 9.87. The number of carbonyl (C=O) groups excluding carboxylic acids is 4. The summed E-state index contributed by atoms with van der Waals surface area (Å²) in [6, 6.07) is 12.4. The summed E-state index contributed by atoms with van der Waals surface area (Å²) in [6.07, 6.45) is 0. The SMILES string of the molecule is COc1cccc(C(=O)NNC(=O)c2cccc(C(=O)NNC(=O)c3cccc(OC)c3O)n2)c1O. The number of phenols is 2. The summed E-state index contributed by atoms with van der Waals surface area (Å²) in [5, 5.41) is 20.1. The minimum Gasteiger partial charge on any atom is -0.504 e. The number of phenolic OH excluding ortho intramolecular Hbond substituents is 2. The quantitative estimate of drug-likeness (QED) is 0.267. The second-order valence-corrected chi connectivity index (χ2v) is 6.94. The van der Waals surface area contributed by atoms with E-state index in [2.05, 4.69) is 26.7 Å². The minimum absolute atomic E-state index is 0.0723. The molecule has 2 aromatic carbocycles. The molecule has 0 aliphatic carbocycles. The fourth-order valence-corrected chi connectivity index (χ4v) is 2.92. The Hall–Kier alpha value is -5.33. The average molecular weight is 495 g/mol. The number of aromatic nitrogens is 1. The Bertz CT molecular complexity index is 1230. The van der Waals surface area contributed by atoms with Gasteiger partial charge in [0.15, 0.2) is 23.0 Å². The molecular formula is C23H21N5O8. The molecule has 1 heterocycles. The number of pyridine rings is 1. The van der Waals surface area contributed by atoms with Crippen LogP contribution in [-0.2, 0) is 0 Å². The average Bonchev–Trinajstić information content (AvgIpc) is 2.90. The Morgan fingerprint density at radius 1 is 0.611 bits per heavy atom. The van der Waals surface area contributed by atoms with E-state index in [1.54, 1.807) is 0 Å². The number of para-hydroxylation sites is 2. The summed E-state index contributed by atoms with van der Waals surface area (Å²) in [7, 11) is 2.64. The zero-order valence-corrected chi connectivity index (χ0v) is 19.0. The fourth-order valence-electron chi connectivity index (χ4n) is 2.92. The highest BCUT2D eigenvalue weighted by molar-refractivity contribution is 6.02. The molecule has 1 aromatic heterocycles. The monoisotopic (exact) mass is 495 g/mol. The molecule has 4 amide bonds. The predicted octanol–water partition coefficient (Wildman–Crippen LogP) is 0.660. The lowest BCUT2D eigenvalue weighted by Crippen LogP contribution is -2.43. The van der Waals surface area contributed by atoms with E-state index in [1.807, 2.05) is 0 Å². The molecule has 0 fully saturated rings. The van der Waals surface area contributed by atoms with E-state index < -0.39 is 35.1 Å². The molecule has 0 aliphatic heterocycles. The highest BCUT2D eigenvalue weighted by atomic mass is 16.5. The number of hydrogen-bond donors (Lipinski definition) is 6. The molecule has 186 valence electrons. The number of amides is 4. The first-order valence-electron chi connectivity index (χ1n) is 10.2. The van der Waals surface area contributed by atoms with Crippen LogP contribution in [0, 0.1) is 0 Å². The molecule has 0 bridgehead atoms. The lowest BCUT2D eigenvalue weighted by molar-refractivity contribution is 0.0835. The van der Waals surface area contributed by atoms with Gasteiger partial charge >= 0.3 is 0 Å². The third-order valence-corrected chi connectivity index (χ3v) is 4.72. The number of benzene rings is 2. The van der Waals surface area contributed by atoms with Gasteiger partial charge in [-0.05, 0) is 36.4 Å². The Morgan fingerprint density at radius 2 is 0.972 bits per heavy atom. The van der Waals surface area contributed by atoms with Crippen LogP contribution in [0.3, 0.4) is 0 Å². The summed E-state index contributed by atoms with van der Waals surface area (Å²) in [5.41, 5.74) is 7.75. The largest absolute Gasteiger partial charge is 0.504 e. The normalized spacial score (nSPS) is 10.1. The van der Waals surface area contributed by atoms with E-state index in [0.717, 1.165) is 0 Å².